The molecule has 1 aromatic rings. The van der Waals surface area contributed by atoms with Gasteiger partial charge in [-0.1, -0.05) is 17.7 Å². The van der Waals surface area contributed by atoms with Crippen molar-refractivity contribution >= 4 is 23.2 Å². The van der Waals surface area contributed by atoms with Crippen molar-refractivity contribution in [1.82, 2.24) is 10.2 Å². The quantitative estimate of drug-likeness (QED) is 0.839. The molecule has 1 saturated heterocycles. The van der Waals surface area contributed by atoms with E-state index in [1.54, 1.807) is 0 Å². The topological polar surface area (TPSA) is 44.4 Å². The molecule has 1 aliphatic heterocycles. The molecule has 4 nitrogen and oxygen atoms in total. The van der Waals surface area contributed by atoms with Crippen LogP contribution in [0, 0.1) is 12.8 Å². The van der Waals surface area contributed by atoms with Crippen molar-refractivity contribution in [1.29, 1.82) is 0 Å². The van der Waals surface area contributed by atoms with Gasteiger partial charge >= 0.3 is 0 Å². The second-order valence-corrected chi connectivity index (χ2v) is 7.34. The van der Waals surface area contributed by atoms with Crippen LogP contribution in [0.1, 0.15) is 31.2 Å². The van der Waals surface area contributed by atoms with Crippen LogP contribution in [-0.2, 0) is 4.79 Å². The Morgan fingerprint density at radius 3 is 2.65 bits per heavy atom. The van der Waals surface area contributed by atoms with Crippen LogP contribution in [0.25, 0.3) is 0 Å². The minimum absolute atomic E-state index is 0.0140. The minimum Gasteiger partial charge on any atom is -0.324 e. The lowest BCUT2D eigenvalue weighted by atomic mass is 10.0. The Bertz CT molecular complexity index is 551. The minimum atomic E-state index is 0.0140. The third-order valence-electron chi connectivity index (χ3n) is 4.75. The van der Waals surface area contributed by atoms with E-state index in [2.05, 4.69) is 15.5 Å². The Kier molecular flexibility index (Phi) is 5.57. The van der Waals surface area contributed by atoms with Gasteiger partial charge in [-0.3, -0.25) is 9.69 Å². The molecule has 2 aliphatic rings. The molecule has 0 unspecified atom stereocenters. The van der Waals surface area contributed by atoms with Crippen molar-refractivity contribution in [2.75, 3.05) is 31.5 Å². The Morgan fingerprint density at radius 2 is 2.00 bits per heavy atom. The zero-order valence-corrected chi connectivity index (χ0v) is 14.5. The number of carbonyl (C=O) groups excluding carboxylic acids is 1. The fourth-order valence-corrected chi connectivity index (χ4v) is 3.35. The first kappa shape index (κ1) is 16.7. The van der Waals surface area contributed by atoms with Crippen LogP contribution >= 0.6 is 11.6 Å². The van der Waals surface area contributed by atoms with Gasteiger partial charge < -0.3 is 10.6 Å². The summed E-state index contributed by atoms with van der Waals surface area (Å²) in [5, 5.41) is 7.18. The van der Waals surface area contributed by atoms with Crippen LogP contribution < -0.4 is 10.6 Å². The van der Waals surface area contributed by atoms with Gasteiger partial charge in [-0.15, -0.1) is 0 Å². The second kappa shape index (κ2) is 7.65. The summed E-state index contributed by atoms with van der Waals surface area (Å²) in [7, 11) is 0. The van der Waals surface area contributed by atoms with E-state index in [4.69, 9.17) is 11.6 Å². The lowest BCUT2D eigenvalue weighted by Crippen LogP contribution is -2.45. The Labute approximate surface area is 143 Å². The Balaban J connectivity index is 1.40. The molecule has 0 radical (unpaired) electrons. The molecular weight excluding hydrogens is 310 g/mol. The summed E-state index contributed by atoms with van der Waals surface area (Å²) >= 11 is 6.16. The average molecular weight is 336 g/mol. The zero-order valence-electron chi connectivity index (χ0n) is 13.8. The number of aryl methyl sites for hydroxylation is 1. The molecular formula is C18H26ClN3O. The van der Waals surface area contributed by atoms with Crippen molar-refractivity contribution < 1.29 is 4.79 Å². The van der Waals surface area contributed by atoms with Crippen LogP contribution in [0.4, 0.5) is 5.69 Å². The van der Waals surface area contributed by atoms with Crippen LogP contribution in [-0.4, -0.2) is 43.0 Å². The molecule has 1 aromatic carbocycles. The predicted molar refractivity (Wildman–Crippen MR) is 95.0 cm³/mol. The first-order valence-electron chi connectivity index (χ1n) is 8.62. The summed E-state index contributed by atoms with van der Waals surface area (Å²) in [6.07, 6.45) is 5.05. The maximum absolute atomic E-state index is 12.2. The molecule has 1 aliphatic carbocycles. The molecule has 126 valence electrons. The van der Waals surface area contributed by atoms with E-state index in [-0.39, 0.29) is 5.91 Å². The van der Waals surface area contributed by atoms with E-state index in [1.807, 2.05) is 25.1 Å². The average Bonchev–Trinajstić information content (AvgIpc) is 3.34. The summed E-state index contributed by atoms with van der Waals surface area (Å²) < 4.78 is 0. The Morgan fingerprint density at radius 1 is 1.26 bits per heavy atom. The van der Waals surface area contributed by atoms with Gasteiger partial charge in [0.2, 0.25) is 5.91 Å². The van der Waals surface area contributed by atoms with E-state index in [9.17, 15) is 4.79 Å². The van der Waals surface area contributed by atoms with Crippen LogP contribution in [0.5, 0.6) is 0 Å². The van der Waals surface area contributed by atoms with E-state index in [0.717, 1.165) is 37.4 Å². The van der Waals surface area contributed by atoms with Gasteiger partial charge in [0, 0.05) is 19.1 Å². The highest BCUT2D eigenvalue weighted by molar-refractivity contribution is 6.33. The lowest BCUT2D eigenvalue weighted by Gasteiger charge is -2.32. The lowest BCUT2D eigenvalue weighted by molar-refractivity contribution is -0.117. The Hall–Kier alpha value is -1.10. The maximum atomic E-state index is 12.2. The molecule has 0 atom stereocenters. The van der Waals surface area contributed by atoms with E-state index in [0.29, 0.717) is 23.3 Å². The first-order chi connectivity index (χ1) is 11.1. The molecule has 2 fully saturated rings. The van der Waals surface area contributed by atoms with E-state index < -0.39 is 0 Å². The number of amides is 1. The maximum Gasteiger partial charge on any atom is 0.238 e. The van der Waals surface area contributed by atoms with Crippen LogP contribution in [0.3, 0.4) is 0 Å². The van der Waals surface area contributed by atoms with Crippen LogP contribution in [0.2, 0.25) is 5.02 Å². The fraction of sp³-hybridized carbons (Fsp3) is 0.611. The highest BCUT2D eigenvalue weighted by Gasteiger charge is 2.25. The predicted octanol–water partition coefficient (Wildman–Crippen LogP) is 3.05. The molecule has 0 bridgehead atoms. The van der Waals surface area contributed by atoms with Gasteiger partial charge in [0.25, 0.3) is 0 Å². The van der Waals surface area contributed by atoms with E-state index in [1.165, 1.54) is 19.4 Å². The number of benzene rings is 1. The van der Waals surface area contributed by atoms with Gasteiger partial charge in [-0.25, -0.2) is 0 Å². The normalized spacial score (nSPS) is 19.7. The van der Waals surface area contributed by atoms with Gasteiger partial charge in [-0.05, 0) is 62.8 Å². The molecule has 1 saturated carbocycles. The summed E-state index contributed by atoms with van der Waals surface area (Å²) in [4.78, 5) is 14.4. The number of hydrogen-bond acceptors (Lipinski definition) is 3. The summed E-state index contributed by atoms with van der Waals surface area (Å²) in [5.74, 6) is 0.943. The number of nitrogens with one attached hydrogen (secondary N) is 2. The number of halogens is 1. The van der Waals surface area contributed by atoms with E-state index >= 15 is 0 Å². The third-order valence-corrected chi connectivity index (χ3v) is 5.06. The number of carbonyl (C=O) groups is 1. The molecule has 1 amide bonds. The molecule has 3 rings (SSSR count). The fourth-order valence-electron chi connectivity index (χ4n) is 3.06. The van der Waals surface area contributed by atoms with Crippen molar-refractivity contribution in [2.45, 2.75) is 38.6 Å². The molecule has 23 heavy (non-hydrogen) atoms. The standard InChI is InChI=1S/C18H26ClN3O/c1-13-2-5-17(16(19)10-13)21-18(23)12-22-8-6-15(7-9-22)20-11-14-3-4-14/h2,5,10,14-15,20H,3-4,6-9,11-12H2,1H3,(H,21,23). The molecule has 2 N–H and O–H groups in total. The van der Waals surface area contributed by atoms with Crippen LogP contribution in [0.15, 0.2) is 18.2 Å². The summed E-state index contributed by atoms with van der Waals surface area (Å²) in [6, 6.07) is 6.32. The van der Waals surface area contributed by atoms with Gasteiger partial charge in [-0.2, -0.15) is 0 Å². The first-order valence-corrected chi connectivity index (χ1v) is 8.99. The number of likely N-dealkylation sites (tertiary alicyclic amines) is 1. The summed E-state index contributed by atoms with van der Waals surface area (Å²) in [6.45, 7) is 5.57. The number of rotatable bonds is 6. The number of anilines is 1. The molecule has 1 heterocycles. The smallest absolute Gasteiger partial charge is 0.238 e. The van der Waals surface area contributed by atoms with Crippen molar-refractivity contribution in [3.05, 3.63) is 28.8 Å². The van der Waals surface area contributed by atoms with Gasteiger partial charge in [0.15, 0.2) is 0 Å². The highest BCUT2D eigenvalue weighted by Crippen LogP contribution is 2.28. The zero-order chi connectivity index (χ0) is 16.2. The second-order valence-electron chi connectivity index (χ2n) is 6.93. The van der Waals surface area contributed by atoms with Gasteiger partial charge in [0.1, 0.15) is 0 Å². The van der Waals surface area contributed by atoms with Crippen molar-refractivity contribution in [3.8, 4) is 0 Å². The third kappa shape index (κ3) is 5.20. The van der Waals surface area contributed by atoms with Gasteiger partial charge in [0.05, 0.1) is 17.3 Å². The highest BCUT2D eigenvalue weighted by atomic mass is 35.5. The monoisotopic (exact) mass is 335 g/mol. The van der Waals surface area contributed by atoms with Crippen molar-refractivity contribution in [2.24, 2.45) is 5.92 Å². The largest absolute Gasteiger partial charge is 0.324 e. The number of nitrogens with zero attached hydrogens (tertiary/aromatic N) is 1. The van der Waals surface area contributed by atoms with Crippen molar-refractivity contribution in [3.63, 3.8) is 0 Å². The molecule has 0 spiro atoms. The number of piperidine rings is 1. The number of hydrogen-bond donors (Lipinski definition) is 2. The molecule has 0 aromatic heterocycles. The SMILES string of the molecule is Cc1ccc(NC(=O)CN2CCC(NCC3CC3)CC2)c(Cl)c1. The summed E-state index contributed by atoms with van der Waals surface area (Å²) in [5.41, 5.74) is 1.79. The molecule has 5 heteroatoms.